The van der Waals surface area contributed by atoms with Gasteiger partial charge in [-0.25, -0.2) is 0 Å². The second-order valence-electron chi connectivity index (χ2n) is 9.53. The van der Waals surface area contributed by atoms with E-state index in [1.54, 1.807) is 16.8 Å². The SMILES string of the molecule is CC1(C)[C@@H]2CC[C@@H](CNC(=O)c3nn(-c4ccc(Cl)cc4Cl)c(-c4ccc(Br)[se]4)c3Br)[C@@H]1C2. The Hall–Kier alpha value is -0.561. The number of fused-ring (bicyclic) bond motifs is 2. The van der Waals surface area contributed by atoms with Gasteiger partial charge in [-0.15, -0.1) is 0 Å². The van der Waals surface area contributed by atoms with E-state index in [1.807, 2.05) is 12.1 Å². The van der Waals surface area contributed by atoms with Crippen LogP contribution in [0, 0.1) is 23.2 Å². The van der Waals surface area contributed by atoms with Crippen LogP contribution in [0.2, 0.25) is 10.0 Å². The molecule has 0 saturated heterocycles. The molecule has 6 rings (SSSR count). The van der Waals surface area contributed by atoms with Crippen LogP contribution >= 0.6 is 55.1 Å². The number of nitrogens with one attached hydrogen (secondary N) is 1. The molecule has 174 valence electrons. The van der Waals surface area contributed by atoms with E-state index in [4.69, 9.17) is 28.3 Å². The molecule has 0 aliphatic heterocycles. The zero-order valence-electron chi connectivity index (χ0n) is 18.2. The van der Waals surface area contributed by atoms with Crippen LogP contribution in [-0.2, 0) is 0 Å². The molecule has 1 N–H and O–H groups in total. The Balaban J connectivity index is 1.46. The van der Waals surface area contributed by atoms with Gasteiger partial charge in [0.05, 0.1) is 0 Å². The topological polar surface area (TPSA) is 46.9 Å². The first kappa shape index (κ1) is 24.1. The Bertz CT molecular complexity index is 1240. The van der Waals surface area contributed by atoms with Crippen molar-refractivity contribution >= 4 is 75.5 Å². The van der Waals surface area contributed by atoms with Crippen molar-refractivity contribution < 1.29 is 4.79 Å². The Labute approximate surface area is 226 Å². The van der Waals surface area contributed by atoms with Gasteiger partial charge in [-0.1, -0.05) is 0 Å². The summed E-state index contributed by atoms with van der Waals surface area (Å²) in [6, 6.07) is 9.40. The molecule has 4 nitrogen and oxygen atoms in total. The second kappa shape index (κ2) is 9.15. The van der Waals surface area contributed by atoms with Crippen molar-refractivity contribution in [3.05, 3.63) is 53.9 Å². The fraction of sp³-hybridized carbons (Fsp3) is 0.417. The van der Waals surface area contributed by atoms with Crippen molar-refractivity contribution in [2.45, 2.75) is 33.1 Å². The van der Waals surface area contributed by atoms with Crippen LogP contribution < -0.4 is 5.32 Å². The number of halogens is 4. The molecule has 3 aromatic rings. The van der Waals surface area contributed by atoms with E-state index < -0.39 is 0 Å². The molecule has 33 heavy (non-hydrogen) atoms. The monoisotopic (exact) mass is 677 g/mol. The maximum atomic E-state index is 13.3. The van der Waals surface area contributed by atoms with Crippen LogP contribution in [0.15, 0.2) is 38.2 Å². The zero-order chi connectivity index (χ0) is 23.5. The van der Waals surface area contributed by atoms with Crippen LogP contribution in [0.3, 0.4) is 0 Å². The summed E-state index contributed by atoms with van der Waals surface area (Å²) in [6.07, 6.45) is 3.75. The van der Waals surface area contributed by atoms with Gasteiger partial charge in [-0.2, -0.15) is 0 Å². The van der Waals surface area contributed by atoms with Gasteiger partial charge >= 0.3 is 228 Å². The number of carbonyl (C=O) groups is 1. The van der Waals surface area contributed by atoms with E-state index in [2.05, 4.69) is 57.1 Å². The average molecular weight is 679 g/mol. The summed E-state index contributed by atoms with van der Waals surface area (Å²) in [4.78, 5) is 13.3. The third kappa shape index (κ3) is 4.32. The molecular weight excluding hydrogens is 656 g/mol. The molecular formula is C24H23Br2Cl2N3OSe. The van der Waals surface area contributed by atoms with Crippen molar-refractivity contribution in [2.24, 2.45) is 23.2 Å². The van der Waals surface area contributed by atoms with Crippen molar-refractivity contribution in [3.8, 4) is 15.8 Å². The number of benzene rings is 1. The number of nitrogens with zero attached hydrogens (tertiary/aromatic N) is 2. The number of hydrogen-bond donors (Lipinski definition) is 1. The second-order valence-corrected chi connectivity index (χ2v) is 15.5. The van der Waals surface area contributed by atoms with Gasteiger partial charge in [0.2, 0.25) is 0 Å². The number of carbonyl (C=O) groups excluding carboxylic acids is 1. The predicted molar refractivity (Wildman–Crippen MR) is 142 cm³/mol. The fourth-order valence-electron chi connectivity index (χ4n) is 5.54. The molecule has 1 aromatic carbocycles. The quantitative estimate of drug-likeness (QED) is 0.290. The summed E-state index contributed by atoms with van der Waals surface area (Å²) < 4.78 is 4.68. The molecule has 1 amide bonds. The van der Waals surface area contributed by atoms with Gasteiger partial charge in [0.15, 0.2) is 0 Å². The molecule has 3 aliphatic rings. The van der Waals surface area contributed by atoms with Gasteiger partial charge in [-0.05, 0) is 0 Å². The molecule has 0 unspecified atom stereocenters. The standard InChI is InChI=1S/C24H23Br2Cl2N3OSe/c1-24(2)13-4-3-12(15(24)9-13)11-29-23(32)21-20(26)22(18-7-8-19(25)33-18)31(30-21)17-6-5-14(27)10-16(17)28/h5-8,10,12-13,15H,3-4,9,11H2,1-2H3,(H,29,32)/t12-,13+,15-/m0/s1. The van der Waals surface area contributed by atoms with Crippen LogP contribution in [-0.4, -0.2) is 36.7 Å². The van der Waals surface area contributed by atoms with Gasteiger partial charge in [0.1, 0.15) is 0 Å². The average Bonchev–Trinajstić information content (AvgIpc) is 3.34. The first-order valence-corrected chi connectivity index (χ1v) is 15.0. The molecule has 3 saturated carbocycles. The minimum atomic E-state index is -0.163. The third-order valence-corrected chi connectivity index (χ3v) is 11.8. The third-order valence-electron chi connectivity index (χ3n) is 7.51. The first-order valence-electron chi connectivity index (χ1n) is 10.9. The molecule has 9 heteroatoms. The van der Waals surface area contributed by atoms with Crippen LogP contribution in [0.25, 0.3) is 15.8 Å². The van der Waals surface area contributed by atoms with Crippen molar-refractivity contribution in [1.29, 1.82) is 0 Å². The molecule has 2 bridgehead atoms. The maximum absolute atomic E-state index is 13.3. The van der Waals surface area contributed by atoms with Gasteiger partial charge in [0, 0.05) is 0 Å². The molecule has 2 heterocycles. The Morgan fingerprint density at radius 1 is 1.24 bits per heavy atom. The number of rotatable bonds is 5. The summed E-state index contributed by atoms with van der Waals surface area (Å²) >= 11 is 20.0. The van der Waals surface area contributed by atoms with Crippen LogP contribution in [0.5, 0.6) is 0 Å². The normalized spacial score (nSPS) is 23.3. The van der Waals surface area contributed by atoms with Crippen molar-refractivity contribution in [2.75, 3.05) is 6.54 Å². The van der Waals surface area contributed by atoms with Crippen LogP contribution in [0.4, 0.5) is 0 Å². The van der Waals surface area contributed by atoms with Gasteiger partial charge in [0.25, 0.3) is 0 Å². The first-order chi connectivity index (χ1) is 15.7. The van der Waals surface area contributed by atoms with E-state index >= 15 is 0 Å². The van der Waals surface area contributed by atoms with Gasteiger partial charge < -0.3 is 0 Å². The van der Waals surface area contributed by atoms with Crippen LogP contribution in [0.1, 0.15) is 43.6 Å². The van der Waals surface area contributed by atoms with E-state index in [-0.39, 0.29) is 20.4 Å². The summed E-state index contributed by atoms with van der Waals surface area (Å²) in [5.41, 5.74) is 2.30. The number of aromatic nitrogens is 2. The fourth-order valence-corrected chi connectivity index (χ4v) is 9.61. The van der Waals surface area contributed by atoms with E-state index in [0.29, 0.717) is 49.7 Å². The summed E-state index contributed by atoms with van der Waals surface area (Å²) in [5, 5.41) is 8.94. The summed E-state index contributed by atoms with van der Waals surface area (Å²) in [6.45, 7) is 5.45. The Morgan fingerprint density at radius 3 is 2.67 bits per heavy atom. The van der Waals surface area contributed by atoms with Crippen molar-refractivity contribution in [3.63, 3.8) is 0 Å². The van der Waals surface area contributed by atoms with Gasteiger partial charge in [-0.3, -0.25) is 0 Å². The molecule has 3 fully saturated rings. The number of hydrogen-bond acceptors (Lipinski definition) is 2. The predicted octanol–water partition coefficient (Wildman–Crippen LogP) is 7.23. The number of amides is 1. The minimum absolute atomic E-state index is 0.0847. The molecule has 2 aromatic heterocycles. The van der Waals surface area contributed by atoms with Crippen molar-refractivity contribution in [1.82, 2.24) is 15.1 Å². The molecule has 3 atom stereocenters. The zero-order valence-corrected chi connectivity index (χ0v) is 24.6. The molecule has 3 aliphatic carbocycles. The Kier molecular flexibility index (Phi) is 6.69. The summed E-state index contributed by atoms with van der Waals surface area (Å²) in [7, 11) is 0. The summed E-state index contributed by atoms with van der Waals surface area (Å²) in [5.74, 6) is 1.90. The molecule has 0 spiro atoms. The van der Waals surface area contributed by atoms with E-state index in [0.717, 1.165) is 19.4 Å². The Morgan fingerprint density at radius 2 is 2.03 bits per heavy atom. The van der Waals surface area contributed by atoms with E-state index in [1.165, 1.54) is 19.3 Å². The van der Waals surface area contributed by atoms with E-state index in [9.17, 15) is 4.79 Å². The molecule has 0 radical (unpaired) electrons.